The lowest BCUT2D eigenvalue weighted by atomic mass is 10.3. The predicted molar refractivity (Wildman–Crippen MR) is 149 cm³/mol. The highest BCUT2D eigenvalue weighted by Crippen LogP contribution is 2.22. The lowest BCUT2D eigenvalue weighted by molar-refractivity contribution is 0.0950. The van der Waals surface area contributed by atoms with E-state index in [4.69, 9.17) is 32.9 Å². The third-order valence-corrected chi connectivity index (χ3v) is 4.62. The number of nitrogens with zero attached hydrogens (tertiary/aromatic N) is 2. The van der Waals surface area contributed by atoms with Crippen LogP contribution in [0.3, 0.4) is 0 Å². The smallest absolute Gasteiger partial charge is 0.269 e. The maximum Gasteiger partial charge on any atom is 0.269 e. The molecule has 0 unspecified atom stereocenters. The number of benzene rings is 2. The van der Waals surface area contributed by atoms with Crippen LogP contribution >= 0.6 is 11.6 Å². The fourth-order valence-corrected chi connectivity index (χ4v) is 2.69. The van der Waals surface area contributed by atoms with Crippen LogP contribution in [0.5, 0.6) is 17.2 Å². The Morgan fingerprint density at radius 1 is 0.763 bits per heavy atom. The summed E-state index contributed by atoms with van der Waals surface area (Å²) in [5, 5.41) is 14.2. The van der Waals surface area contributed by atoms with Gasteiger partial charge >= 0.3 is 0 Å². The first-order chi connectivity index (χ1) is 17.7. The van der Waals surface area contributed by atoms with Gasteiger partial charge in [0.2, 0.25) is 0 Å². The topological polar surface area (TPSA) is 165 Å². The Balaban J connectivity index is 0.000000309. The van der Waals surface area contributed by atoms with Crippen molar-refractivity contribution in [2.24, 2.45) is 0 Å². The third-order valence-electron chi connectivity index (χ3n) is 4.38. The molecule has 7 N–H and O–H groups in total. The lowest BCUT2D eigenvalue weighted by Gasteiger charge is -2.06. The number of halogens is 1. The van der Waals surface area contributed by atoms with Crippen molar-refractivity contribution < 1.29 is 19.4 Å². The van der Waals surface area contributed by atoms with Gasteiger partial charge in [-0.15, -0.1) is 0 Å². The number of nitrogens with two attached hydrogens (primary N) is 2. The molecular formula is C26H27BClN6O4. The van der Waals surface area contributed by atoms with Crippen molar-refractivity contribution in [2.75, 3.05) is 25.6 Å². The number of nitrogens with one attached hydrogen (secondary N) is 2. The number of aromatic nitrogens is 2. The number of ether oxygens (including phenoxy) is 1. The molecule has 2 amide bonds. The Morgan fingerprint density at radius 3 is 1.71 bits per heavy atom. The number of hydrogen-bond acceptors (Lipinski definition) is 8. The summed E-state index contributed by atoms with van der Waals surface area (Å²) >= 11 is 5.63. The summed E-state index contributed by atoms with van der Waals surface area (Å²) in [4.78, 5) is 30.1. The highest BCUT2D eigenvalue weighted by atomic mass is 35.5. The molecule has 2 aromatic heterocycles. The average molecular weight is 534 g/mol. The first-order valence-corrected chi connectivity index (χ1v) is 11.2. The second-order valence-electron chi connectivity index (χ2n) is 7.16. The van der Waals surface area contributed by atoms with Crippen LogP contribution in [0.2, 0.25) is 5.02 Å². The molecule has 0 fully saturated rings. The van der Waals surface area contributed by atoms with Crippen molar-refractivity contribution in [3.63, 3.8) is 0 Å². The van der Waals surface area contributed by atoms with E-state index in [1.807, 2.05) is 0 Å². The van der Waals surface area contributed by atoms with Crippen molar-refractivity contribution in [2.45, 2.75) is 0 Å². The molecule has 2 heterocycles. The van der Waals surface area contributed by atoms with E-state index < -0.39 is 0 Å². The molecule has 12 heteroatoms. The maximum absolute atomic E-state index is 11.4. The molecular weight excluding hydrogens is 507 g/mol. The molecule has 38 heavy (non-hydrogen) atoms. The van der Waals surface area contributed by atoms with Crippen molar-refractivity contribution in [1.29, 1.82) is 0 Å². The molecule has 0 bridgehead atoms. The van der Waals surface area contributed by atoms with Crippen LogP contribution in [0.25, 0.3) is 0 Å². The fraction of sp³-hybridized carbons (Fsp3) is 0.0769. The van der Waals surface area contributed by atoms with E-state index >= 15 is 0 Å². The van der Waals surface area contributed by atoms with Crippen molar-refractivity contribution in [1.82, 2.24) is 20.6 Å². The molecule has 0 saturated heterocycles. The van der Waals surface area contributed by atoms with E-state index in [2.05, 4.69) is 20.6 Å². The minimum Gasteiger partial charge on any atom is -0.508 e. The third kappa shape index (κ3) is 10.9. The Hall–Kier alpha value is -4.77. The Labute approximate surface area is 227 Å². The summed E-state index contributed by atoms with van der Waals surface area (Å²) in [6, 6.07) is 19.8. The van der Waals surface area contributed by atoms with E-state index in [-0.39, 0.29) is 26.0 Å². The normalized spacial score (nSPS) is 9.24. The molecule has 4 rings (SSSR count). The summed E-state index contributed by atoms with van der Waals surface area (Å²) in [5.74, 6) is 0.969. The number of hydrogen-bond donors (Lipinski definition) is 5. The van der Waals surface area contributed by atoms with Crippen LogP contribution in [0.1, 0.15) is 21.0 Å². The van der Waals surface area contributed by atoms with Gasteiger partial charge in [-0.2, -0.15) is 0 Å². The number of carbonyl (C=O) groups is 2. The number of pyridine rings is 2. The van der Waals surface area contributed by atoms with Gasteiger partial charge in [0, 0.05) is 57.4 Å². The molecule has 0 atom stereocenters. The first-order valence-electron chi connectivity index (χ1n) is 10.8. The van der Waals surface area contributed by atoms with Gasteiger partial charge in [0.1, 0.15) is 28.6 Å². The zero-order valence-corrected chi connectivity index (χ0v) is 21.5. The summed E-state index contributed by atoms with van der Waals surface area (Å²) in [6.45, 7) is 0. The highest BCUT2D eigenvalue weighted by molar-refractivity contribution is 6.30. The van der Waals surface area contributed by atoms with E-state index in [1.165, 1.54) is 18.5 Å². The standard InChI is InChI=1S/C13H13N3O2.C7H7ClN2O.C6H7NO.B/c1-15-13(17)12-8-11(6-7-16-12)18-10-4-2-9(14)3-5-10;1-9-7(11)6-4-5(8)2-3-10-6;7-5-1-3-6(8)4-2-5;/h2-8H,14H2,1H3,(H,15,17);2-4H,1H3,(H,9,11);1-4,8H,7H2;. The number of phenolic OH excluding ortho intramolecular Hbond substituents is 1. The van der Waals surface area contributed by atoms with Gasteiger partial charge in [0.15, 0.2) is 0 Å². The molecule has 0 spiro atoms. The summed E-state index contributed by atoms with van der Waals surface area (Å²) in [7, 11) is 3.10. The van der Waals surface area contributed by atoms with Crippen molar-refractivity contribution in [3.8, 4) is 17.2 Å². The minimum atomic E-state index is -0.252. The molecule has 3 radical (unpaired) electrons. The molecule has 4 aromatic rings. The van der Waals surface area contributed by atoms with E-state index in [9.17, 15) is 9.59 Å². The number of amides is 2. The van der Waals surface area contributed by atoms with Crippen LogP contribution < -0.4 is 26.8 Å². The van der Waals surface area contributed by atoms with Gasteiger partial charge in [-0.1, -0.05) is 11.6 Å². The van der Waals surface area contributed by atoms with Crippen LogP contribution in [0, 0.1) is 0 Å². The zero-order chi connectivity index (χ0) is 27.2. The predicted octanol–water partition coefficient (Wildman–Crippen LogP) is 3.50. The molecule has 195 valence electrons. The molecule has 0 saturated carbocycles. The summed E-state index contributed by atoms with van der Waals surface area (Å²) < 4.78 is 5.59. The lowest BCUT2D eigenvalue weighted by Crippen LogP contribution is -2.18. The van der Waals surface area contributed by atoms with Crippen molar-refractivity contribution in [3.05, 3.63) is 102 Å². The zero-order valence-electron chi connectivity index (χ0n) is 20.8. The first kappa shape index (κ1) is 31.3. The summed E-state index contributed by atoms with van der Waals surface area (Å²) in [5.41, 5.74) is 12.9. The van der Waals surface area contributed by atoms with Gasteiger partial charge < -0.3 is 31.9 Å². The SMILES string of the molecule is CNC(=O)c1cc(Cl)ccn1.CNC(=O)c1cc(Oc2ccc(N)cc2)ccn1.Nc1ccc(O)cc1.[B]. The number of nitrogen functional groups attached to an aromatic ring is 2. The molecule has 0 aliphatic heterocycles. The van der Waals surface area contributed by atoms with Gasteiger partial charge in [0.05, 0.1) is 0 Å². The second-order valence-corrected chi connectivity index (χ2v) is 7.59. The monoisotopic (exact) mass is 533 g/mol. The quantitative estimate of drug-likeness (QED) is 0.151. The Bertz CT molecular complexity index is 1290. The minimum absolute atomic E-state index is 0. The van der Waals surface area contributed by atoms with E-state index in [0.29, 0.717) is 39.3 Å². The number of phenols is 1. The van der Waals surface area contributed by atoms with Crippen LogP contribution in [-0.2, 0) is 0 Å². The number of rotatable bonds is 4. The van der Waals surface area contributed by atoms with Gasteiger partial charge in [-0.25, -0.2) is 0 Å². The number of anilines is 2. The summed E-state index contributed by atoms with van der Waals surface area (Å²) in [6.07, 6.45) is 3.02. The van der Waals surface area contributed by atoms with Crippen LogP contribution in [0.15, 0.2) is 85.2 Å². The van der Waals surface area contributed by atoms with E-state index in [1.54, 1.807) is 80.8 Å². The second kappa shape index (κ2) is 16.1. The molecule has 2 aromatic carbocycles. The fourth-order valence-electron chi connectivity index (χ4n) is 2.53. The van der Waals surface area contributed by atoms with Gasteiger partial charge in [0.25, 0.3) is 11.8 Å². The van der Waals surface area contributed by atoms with Gasteiger partial charge in [-0.3, -0.25) is 19.6 Å². The molecule has 0 aliphatic rings. The Kier molecular flexibility index (Phi) is 13.2. The average Bonchev–Trinajstić information content (AvgIpc) is 2.91. The molecule has 10 nitrogen and oxygen atoms in total. The number of aromatic hydroxyl groups is 1. The van der Waals surface area contributed by atoms with Crippen molar-refractivity contribution >= 4 is 43.2 Å². The van der Waals surface area contributed by atoms with Crippen LogP contribution in [-0.4, -0.2) is 49.4 Å². The maximum atomic E-state index is 11.4. The van der Waals surface area contributed by atoms with E-state index in [0.717, 1.165) is 0 Å². The van der Waals surface area contributed by atoms with Crippen LogP contribution in [0.4, 0.5) is 11.4 Å². The van der Waals surface area contributed by atoms with Gasteiger partial charge in [-0.05, 0) is 66.7 Å². The highest BCUT2D eigenvalue weighted by Gasteiger charge is 2.06. The number of carbonyl (C=O) groups excluding carboxylic acids is 2. The largest absolute Gasteiger partial charge is 0.508 e. The Morgan fingerprint density at radius 2 is 1.24 bits per heavy atom. The molecule has 0 aliphatic carbocycles.